The number of halogens is 1. The highest BCUT2D eigenvalue weighted by molar-refractivity contribution is 5.85. The molecule has 1 amide bonds. The zero-order valence-electron chi connectivity index (χ0n) is 11.9. The minimum atomic E-state index is 0. The van der Waals surface area contributed by atoms with E-state index in [4.69, 9.17) is 5.73 Å². The van der Waals surface area contributed by atoms with E-state index in [1.807, 2.05) is 11.9 Å². The molecule has 0 saturated heterocycles. The fourth-order valence-electron chi connectivity index (χ4n) is 5.39. The Kier molecular flexibility index (Phi) is 4.46. The lowest BCUT2D eigenvalue weighted by molar-refractivity contribution is -0.135. The fourth-order valence-corrected chi connectivity index (χ4v) is 5.39. The number of carbonyl (C=O) groups excluding carboxylic acids is 1. The van der Waals surface area contributed by atoms with Crippen LogP contribution in [0.15, 0.2) is 0 Å². The molecule has 3 nitrogen and oxygen atoms in total. The predicted octanol–water partition coefficient (Wildman–Crippen LogP) is 2.43. The summed E-state index contributed by atoms with van der Waals surface area (Å²) in [4.78, 5) is 13.9. The Morgan fingerprint density at radius 2 is 1.63 bits per heavy atom. The lowest BCUT2D eigenvalue weighted by Crippen LogP contribution is -2.51. The summed E-state index contributed by atoms with van der Waals surface area (Å²) >= 11 is 0. The van der Waals surface area contributed by atoms with Gasteiger partial charge in [-0.15, -0.1) is 12.4 Å². The standard InChI is InChI=1S/C15H26N2O.ClH/c1-17(14(18)2-3-16)10-15-7-11-4-12(8-15)6-13(5-11)9-15;/h11-13H,2-10,16H2,1H3;1H. The lowest BCUT2D eigenvalue weighted by atomic mass is 9.49. The van der Waals surface area contributed by atoms with Gasteiger partial charge in [0.15, 0.2) is 0 Å². The molecule has 0 heterocycles. The van der Waals surface area contributed by atoms with Gasteiger partial charge in [-0.1, -0.05) is 0 Å². The van der Waals surface area contributed by atoms with Crippen molar-refractivity contribution in [3.05, 3.63) is 0 Å². The first-order valence-corrected chi connectivity index (χ1v) is 7.54. The van der Waals surface area contributed by atoms with Crippen molar-refractivity contribution >= 4 is 18.3 Å². The summed E-state index contributed by atoms with van der Waals surface area (Å²) in [5.74, 6) is 3.13. The maximum absolute atomic E-state index is 11.9. The number of hydrogen-bond acceptors (Lipinski definition) is 2. The Morgan fingerprint density at radius 3 is 2.05 bits per heavy atom. The maximum Gasteiger partial charge on any atom is 0.223 e. The highest BCUT2D eigenvalue weighted by Gasteiger charge is 2.51. The van der Waals surface area contributed by atoms with Crippen LogP contribution >= 0.6 is 12.4 Å². The third-order valence-corrected chi connectivity index (χ3v) is 5.52. The summed E-state index contributed by atoms with van der Waals surface area (Å²) in [6.07, 6.45) is 9.04. The first-order valence-electron chi connectivity index (χ1n) is 7.54. The van der Waals surface area contributed by atoms with Crippen molar-refractivity contribution in [1.29, 1.82) is 0 Å². The highest BCUT2D eigenvalue weighted by Crippen LogP contribution is 2.60. The number of hydrogen-bond donors (Lipinski definition) is 1. The molecule has 4 bridgehead atoms. The molecule has 0 radical (unpaired) electrons. The Hall–Kier alpha value is -0.280. The molecule has 0 aliphatic heterocycles. The minimum absolute atomic E-state index is 0. The molecule has 0 aromatic rings. The van der Waals surface area contributed by atoms with Crippen LogP contribution in [0.5, 0.6) is 0 Å². The SMILES string of the molecule is CN(CC12CC3CC(CC(C3)C1)C2)C(=O)CCN.Cl. The number of nitrogens with two attached hydrogens (primary N) is 1. The lowest BCUT2D eigenvalue weighted by Gasteiger charge is -2.57. The molecular weight excluding hydrogens is 260 g/mol. The quantitative estimate of drug-likeness (QED) is 0.863. The van der Waals surface area contributed by atoms with Crippen molar-refractivity contribution in [1.82, 2.24) is 4.90 Å². The highest BCUT2D eigenvalue weighted by atomic mass is 35.5. The maximum atomic E-state index is 11.9. The third kappa shape index (κ3) is 2.92. The zero-order valence-corrected chi connectivity index (χ0v) is 12.8. The second-order valence-corrected chi connectivity index (χ2v) is 7.21. The van der Waals surface area contributed by atoms with Gasteiger partial charge in [0.2, 0.25) is 5.91 Å². The van der Waals surface area contributed by atoms with Gasteiger partial charge in [-0.25, -0.2) is 0 Å². The van der Waals surface area contributed by atoms with E-state index in [2.05, 4.69) is 0 Å². The van der Waals surface area contributed by atoms with Crippen molar-refractivity contribution < 1.29 is 4.79 Å². The van der Waals surface area contributed by atoms with Crippen LogP contribution in [0.4, 0.5) is 0 Å². The Labute approximate surface area is 122 Å². The molecule has 4 aliphatic carbocycles. The van der Waals surface area contributed by atoms with Crippen molar-refractivity contribution in [2.24, 2.45) is 28.9 Å². The van der Waals surface area contributed by atoms with Gasteiger partial charge >= 0.3 is 0 Å². The van der Waals surface area contributed by atoms with Crippen LogP contribution < -0.4 is 5.73 Å². The monoisotopic (exact) mass is 286 g/mol. The second-order valence-electron chi connectivity index (χ2n) is 7.21. The Bertz CT molecular complexity index is 310. The summed E-state index contributed by atoms with van der Waals surface area (Å²) in [7, 11) is 1.97. The van der Waals surface area contributed by atoms with Gasteiger partial charge < -0.3 is 10.6 Å². The minimum Gasteiger partial charge on any atom is -0.345 e. The number of rotatable bonds is 4. The molecule has 0 aromatic heterocycles. The summed E-state index contributed by atoms with van der Waals surface area (Å²) in [6, 6.07) is 0. The topological polar surface area (TPSA) is 46.3 Å². The Morgan fingerprint density at radius 1 is 1.16 bits per heavy atom. The molecule has 4 fully saturated rings. The van der Waals surface area contributed by atoms with Gasteiger partial charge in [0.05, 0.1) is 0 Å². The molecule has 0 aromatic carbocycles. The molecular formula is C15H27ClN2O. The van der Waals surface area contributed by atoms with Crippen molar-refractivity contribution in [3.8, 4) is 0 Å². The predicted molar refractivity (Wildman–Crippen MR) is 79.2 cm³/mol. The van der Waals surface area contributed by atoms with E-state index in [1.165, 1.54) is 38.5 Å². The average molecular weight is 287 g/mol. The van der Waals surface area contributed by atoms with Gasteiger partial charge in [0, 0.05) is 26.6 Å². The molecule has 4 rings (SSSR count). The van der Waals surface area contributed by atoms with Crippen molar-refractivity contribution in [2.75, 3.05) is 20.1 Å². The van der Waals surface area contributed by atoms with Gasteiger partial charge in [-0.2, -0.15) is 0 Å². The first-order chi connectivity index (χ1) is 8.60. The van der Waals surface area contributed by atoms with Crippen LogP contribution in [0.25, 0.3) is 0 Å². The van der Waals surface area contributed by atoms with Gasteiger partial charge in [0.1, 0.15) is 0 Å². The largest absolute Gasteiger partial charge is 0.345 e. The second kappa shape index (κ2) is 5.61. The van der Waals surface area contributed by atoms with E-state index in [0.717, 1.165) is 24.3 Å². The molecule has 2 N–H and O–H groups in total. The molecule has 4 saturated carbocycles. The summed E-state index contributed by atoms with van der Waals surface area (Å²) < 4.78 is 0. The Balaban J connectivity index is 0.00000133. The molecule has 0 atom stereocenters. The zero-order chi connectivity index (χ0) is 12.8. The molecule has 110 valence electrons. The third-order valence-electron chi connectivity index (χ3n) is 5.52. The summed E-state index contributed by atoms with van der Waals surface area (Å²) in [5, 5.41) is 0. The van der Waals surface area contributed by atoms with Crippen LogP contribution in [-0.2, 0) is 4.79 Å². The normalized spacial score (nSPS) is 38.9. The van der Waals surface area contributed by atoms with Gasteiger partial charge in [-0.3, -0.25) is 4.79 Å². The molecule has 0 spiro atoms. The van der Waals surface area contributed by atoms with E-state index in [9.17, 15) is 4.79 Å². The van der Waals surface area contributed by atoms with E-state index in [1.54, 1.807) is 0 Å². The van der Waals surface area contributed by atoms with Gasteiger partial charge in [-0.05, 0) is 61.7 Å². The molecule has 4 aliphatic rings. The molecule has 4 heteroatoms. The molecule has 0 unspecified atom stereocenters. The van der Waals surface area contributed by atoms with Gasteiger partial charge in [0.25, 0.3) is 0 Å². The van der Waals surface area contributed by atoms with E-state index in [0.29, 0.717) is 18.4 Å². The summed E-state index contributed by atoms with van der Waals surface area (Å²) in [5.41, 5.74) is 5.95. The number of carbonyl (C=O) groups is 1. The fraction of sp³-hybridized carbons (Fsp3) is 0.933. The van der Waals surface area contributed by atoms with Crippen LogP contribution in [0.2, 0.25) is 0 Å². The van der Waals surface area contributed by atoms with Crippen LogP contribution in [0, 0.1) is 23.2 Å². The van der Waals surface area contributed by atoms with Crippen LogP contribution in [0.1, 0.15) is 44.9 Å². The average Bonchev–Trinajstić information content (AvgIpc) is 2.26. The van der Waals surface area contributed by atoms with Crippen LogP contribution in [0.3, 0.4) is 0 Å². The van der Waals surface area contributed by atoms with Crippen molar-refractivity contribution in [2.45, 2.75) is 44.9 Å². The van der Waals surface area contributed by atoms with Crippen molar-refractivity contribution in [3.63, 3.8) is 0 Å². The first kappa shape index (κ1) is 15.1. The number of amides is 1. The van der Waals surface area contributed by atoms with E-state index in [-0.39, 0.29) is 18.3 Å². The van der Waals surface area contributed by atoms with E-state index >= 15 is 0 Å². The smallest absolute Gasteiger partial charge is 0.223 e. The molecule has 19 heavy (non-hydrogen) atoms. The number of nitrogens with zero attached hydrogens (tertiary/aromatic N) is 1. The van der Waals surface area contributed by atoms with Crippen LogP contribution in [-0.4, -0.2) is 30.9 Å². The summed E-state index contributed by atoms with van der Waals surface area (Å²) in [6.45, 7) is 1.46. The van der Waals surface area contributed by atoms with E-state index < -0.39 is 0 Å².